The second-order valence-corrected chi connectivity index (χ2v) is 6.19. The Balaban J connectivity index is 1.94. The van der Waals surface area contributed by atoms with E-state index in [1.165, 1.54) is 5.56 Å². The van der Waals surface area contributed by atoms with Crippen LogP contribution in [0.4, 0.5) is 0 Å². The molecule has 0 bridgehead atoms. The van der Waals surface area contributed by atoms with Gasteiger partial charge in [0.2, 0.25) is 5.91 Å². The third kappa shape index (κ3) is 5.96. The largest absolute Gasteiger partial charge is 0.494 e. The zero-order chi connectivity index (χ0) is 18.1. The van der Waals surface area contributed by atoms with E-state index in [-0.39, 0.29) is 12.5 Å². The molecule has 6 nitrogen and oxygen atoms in total. The summed E-state index contributed by atoms with van der Waals surface area (Å²) in [6.45, 7) is 8.10. The van der Waals surface area contributed by atoms with Gasteiger partial charge >= 0.3 is 0 Å². The van der Waals surface area contributed by atoms with Crippen LogP contribution in [0.2, 0.25) is 0 Å². The number of carbonyl (C=O) groups excluding carboxylic acids is 1. The molecule has 1 aromatic rings. The number of likely N-dealkylation sites (tertiary alicyclic amines) is 1. The molecule has 2 rings (SSSR count). The number of benzene rings is 1. The van der Waals surface area contributed by atoms with Crippen LogP contribution in [0.3, 0.4) is 0 Å². The quantitative estimate of drug-likeness (QED) is 0.607. The fourth-order valence-corrected chi connectivity index (χ4v) is 2.89. The van der Waals surface area contributed by atoms with Gasteiger partial charge in [-0.25, -0.2) is 4.99 Å². The standard InChI is InChI=1S/C19H30N4O2/c1-4-20-19(21-14-18(24)23-12-6-7-13-23)22(3)15-16-8-10-17(11-9-16)25-5-2/h8-11H,4-7,12-15H2,1-3H3,(H,20,21). The summed E-state index contributed by atoms with van der Waals surface area (Å²) in [4.78, 5) is 20.6. The molecule has 1 saturated heterocycles. The van der Waals surface area contributed by atoms with E-state index in [1.54, 1.807) is 0 Å². The van der Waals surface area contributed by atoms with Crippen molar-refractivity contribution in [2.45, 2.75) is 33.2 Å². The molecule has 0 unspecified atom stereocenters. The van der Waals surface area contributed by atoms with Gasteiger partial charge in [0.15, 0.2) is 5.96 Å². The highest BCUT2D eigenvalue weighted by atomic mass is 16.5. The zero-order valence-corrected chi connectivity index (χ0v) is 15.6. The van der Waals surface area contributed by atoms with Crippen molar-refractivity contribution < 1.29 is 9.53 Å². The molecule has 1 N–H and O–H groups in total. The monoisotopic (exact) mass is 346 g/mol. The van der Waals surface area contributed by atoms with Gasteiger partial charge in [0, 0.05) is 33.2 Å². The number of hydrogen-bond acceptors (Lipinski definition) is 3. The van der Waals surface area contributed by atoms with Crippen LogP contribution < -0.4 is 10.1 Å². The number of hydrogen-bond donors (Lipinski definition) is 1. The minimum absolute atomic E-state index is 0.113. The Morgan fingerprint density at radius 1 is 1.24 bits per heavy atom. The minimum Gasteiger partial charge on any atom is -0.494 e. The van der Waals surface area contributed by atoms with E-state index in [9.17, 15) is 4.79 Å². The summed E-state index contributed by atoms with van der Waals surface area (Å²) in [5.74, 6) is 1.75. The van der Waals surface area contributed by atoms with Crippen molar-refractivity contribution in [3.05, 3.63) is 29.8 Å². The highest BCUT2D eigenvalue weighted by molar-refractivity contribution is 5.85. The lowest BCUT2D eigenvalue weighted by Crippen LogP contribution is -2.39. The van der Waals surface area contributed by atoms with E-state index >= 15 is 0 Å². The van der Waals surface area contributed by atoms with Gasteiger partial charge < -0.3 is 19.9 Å². The van der Waals surface area contributed by atoms with E-state index in [4.69, 9.17) is 4.74 Å². The molecular weight excluding hydrogens is 316 g/mol. The average molecular weight is 346 g/mol. The van der Waals surface area contributed by atoms with Crippen LogP contribution in [-0.4, -0.2) is 61.5 Å². The van der Waals surface area contributed by atoms with Crippen molar-refractivity contribution in [2.24, 2.45) is 4.99 Å². The minimum atomic E-state index is 0.113. The van der Waals surface area contributed by atoms with Gasteiger partial charge in [0.25, 0.3) is 0 Å². The first kappa shape index (κ1) is 19.1. The van der Waals surface area contributed by atoms with Crippen molar-refractivity contribution >= 4 is 11.9 Å². The fourth-order valence-electron chi connectivity index (χ4n) is 2.89. The molecule has 1 amide bonds. The van der Waals surface area contributed by atoms with Gasteiger partial charge in [-0.05, 0) is 44.4 Å². The molecule has 0 atom stereocenters. The predicted molar refractivity (Wildman–Crippen MR) is 101 cm³/mol. The second kappa shape index (κ2) is 9.91. The lowest BCUT2D eigenvalue weighted by Gasteiger charge is -2.22. The third-order valence-corrected chi connectivity index (χ3v) is 4.17. The number of ether oxygens (including phenoxy) is 1. The van der Waals surface area contributed by atoms with Crippen molar-refractivity contribution in [3.63, 3.8) is 0 Å². The number of carbonyl (C=O) groups is 1. The molecule has 138 valence electrons. The maximum atomic E-state index is 12.2. The van der Waals surface area contributed by atoms with Gasteiger partial charge in [-0.3, -0.25) is 4.79 Å². The van der Waals surface area contributed by atoms with Crippen LogP contribution >= 0.6 is 0 Å². The first-order chi connectivity index (χ1) is 12.1. The molecule has 0 aromatic heterocycles. The molecule has 0 saturated carbocycles. The molecular formula is C19H30N4O2. The van der Waals surface area contributed by atoms with Crippen LogP contribution in [0.5, 0.6) is 5.75 Å². The van der Waals surface area contributed by atoms with Crippen LogP contribution in [0.15, 0.2) is 29.3 Å². The maximum Gasteiger partial charge on any atom is 0.244 e. The van der Waals surface area contributed by atoms with Crippen molar-refractivity contribution in [1.82, 2.24) is 15.1 Å². The van der Waals surface area contributed by atoms with Crippen molar-refractivity contribution in [3.8, 4) is 5.75 Å². The Kier molecular flexibility index (Phi) is 7.57. The number of nitrogens with zero attached hydrogens (tertiary/aromatic N) is 3. The van der Waals surface area contributed by atoms with Gasteiger partial charge in [0.05, 0.1) is 6.61 Å². The van der Waals surface area contributed by atoms with Gasteiger partial charge in [-0.2, -0.15) is 0 Å². The predicted octanol–water partition coefficient (Wildman–Crippen LogP) is 2.11. The maximum absolute atomic E-state index is 12.2. The topological polar surface area (TPSA) is 57.2 Å². The normalized spacial score (nSPS) is 14.5. The van der Waals surface area contributed by atoms with Gasteiger partial charge in [0.1, 0.15) is 12.3 Å². The first-order valence-corrected chi connectivity index (χ1v) is 9.13. The summed E-state index contributed by atoms with van der Waals surface area (Å²) < 4.78 is 5.47. The fraction of sp³-hybridized carbons (Fsp3) is 0.579. The van der Waals surface area contributed by atoms with Gasteiger partial charge in [-0.1, -0.05) is 12.1 Å². The van der Waals surface area contributed by atoms with Crippen molar-refractivity contribution in [2.75, 3.05) is 39.8 Å². The Morgan fingerprint density at radius 2 is 1.92 bits per heavy atom. The molecule has 0 aliphatic carbocycles. The summed E-state index contributed by atoms with van der Waals surface area (Å²) in [6.07, 6.45) is 2.21. The molecule has 0 radical (unpaired) electrons. The van der Waals surface area contributed by atoms with E-state index in [1.807, 2.05) is 42.8 Å². The van der Waals surface area contributed by atoms with Crippen LogP contribution in [-0.2, 0) is 11.3 Å². The van der Waals surface area contributed by atoms with Crippen LogP contribution in [0.25, 0.3) is 0 Å². The number of nitrogens with one attached hydrogen (secondary N) is 1. The van der Waals surface area contributed by atoms with E-state index < -0.39 is 0 Å². The zero-order valence-electron chi connectivity index (χ0n) is 15.6. The lowest BCUT2D eigenvalue weighted by molar-refractivity contribution is -0.128. The highest BCUT2D eigenvalue weighted by Gasteiger charge is 2.17. The SMILES string of the molecule is CCNC(=NCC(=O)N1CCCC1)N(C)Cc1ccc(OCC)cc1. The van der Waals surface area contributed by atoms with Crippen molar-refractivity contribution in [1.29, 1.82) is 0 Å². The molecule has 1 fully saturated rings. The molecule has 6 heteroatoms. The summed E-state index contributed by atoms with van der Waals surface area (Å²) in [7, 11) is 1.98. The summed E-state index contributed by atoms with van der Waals surface area (Å²) in [5.41, 5.74) is 1.17. The number of rotatable bonds is 7. The molecule has 1 aromatic carbocycles. The Morgan fingerprint density at radius 3 is 2.52 bits per heavy atom. The smallest absolute Gasteiger partial charge is 0.244 e. The van der Waals surface area contributed by atoms with Crippen LogP contribution in [0.1, 0.15) is 32.3 Å². The summed E-state index contributed by atoms with van der Waals surface area (Å²) >= 11 is 0. The molecule has 1 aliphatic rings. The van der Waals surface area contributed by atoms with Crippen LogP contribution in [0, 0.1) is 0 Å². The highest BCUT2D eigenvalue weighted by Crippen LogP contribution is 2.13. The number of guanidine groups is 1. The Bertz CT molecular complexity index is 565. The molecule has 0 spiro atoms. The summed E-state index contributed by atoms with van der Waals surface area (Å²) in [5, 5.41) is 3.26. The van der Waals surface area contributed by atoms with Gasteiger partial charge in [-0.15, -0.1) is 0 Å². The lowest BCUT2D eigenvalue weighted by atomic mass is 10.2. The van der Waals surface area contributed by atoms with E-state index in [0.29, 0.717) is 6.61 Å². The molecule has 1 heterocycles. The third-order valence-electron chi connectivity index (χ3n) is 4.17. The number of aliphatic imine (C=N–C) groups is 1. The Labute approximate surface area is 150 Å². The van der Waals surface area contributed by atoms with E-state index in [0.717, 1.165) is 50.7 Å². The number of amides is 1. The first-order valence-electron chi connectivity index (χ1n) is 9.13. The van der Waals surface area contributed by atoms with E-state index in [2.05, 4.69) is 22.4 Å². The molecule has 1 aliphatic heterocycles. The average Bonchev–Trinajstić information content (AvgIpc) is 3.15. The Hall–Kier alpha value is -2.24. The molecule has 25 heavy (non-hydrogen) atoms. The second-order valence-electron chi connectivity index (χ2n) is 6.19. The summed E-state index contributed by atoms with van der Waals surface area (Å²) in [6, 6.07) is 8.07.